The number of amides is 1. The van der Waals surface area contributed by atoms with E-state index in [-0.39, 0.29) is 17.3 Å². The van der Waals surface area contributed by atoms with E-state index in [9.17, 15) is 9.18 Å². The highest BCUT2D eigenvalue weighted by Gasteiger charge is 2.28. The number of hydrogen-bond donors (Lipinski definition) is 2. The maximum atomic E-state index is 13.3. The normalized spacial score (nSPS) is 11.8. The zero-order valence-corrected chi connectivity index (χ0v) is 13.4. The molecule has 5 heteroatoms. The molecule has 0 saturated carbocycles. The van der Waals surface area contributed by atoms with Crippen LogP contribution in [-0.2, 0) is 0 Å². The Bertz CT molecular complexity index is 653. The van der Waals surface area contributed by atoms with E-state index in [1.807, 2.05) is 0 Å². The van der Waals surface area contributed by atoms with Gasteiger partial charge in [0.2, 0.25) is 0 Å². The number of benzene rings is 1. The third-order valence-electron chi connectivity index (χ3n) is 4.30. The van der Waals surface area contributed by atoms with Crippen LogP contribution in [0.2, 0.25) is 0 Å². The lowest BCUT2D eigenvalue weighted by Crippen LogP contribution is -2.47. The van der Waals surface area contributed by atoms with Crippen molar-refractivity contribution in [3.05, 3.63) is 28.9 Å². The molecule has 0 radical (unpaired) electrons. The van der Waals surface area contributed by atoms with E-state index in [1.54, 1.807) is 6.07 Å². The minimum absolute atomic E-state index is 0.167. The first-order valence-corrected chi connectivity index (χ1v) is 8.08. The second kappa shape index (κ2) is 6.02. The monoisotopic (exact) mass is 308 g/mol. The first-order chi connectivity index (χ1) is 9.96. The topological polar surface area (TPSA) is 55.1 Å². The van der Waals surface area contributed by atoms with Crippen molar-refractivity contribution in [2.45, 2.75) is 45.6 Å². The SMILES string of the molecule is CCC(CC)(CC)NC(=O)c1sc2ccc(F)cc2c1N. The molecule has 1 aromatic carbocycles. The van der Waals surface area contributed by atoms with E-state index < -0.39 is 0 Å². The van der Waals surface area contributed by atoms with Gasteiger partial charge in [0.15, 0.2) is 0 Å². The number of carbonyl (C=O) groups is 1. The summed E-state index contributed by atoms with van der Waals surface area (Å²) in [5.74, 6) is -0.511. The molecule has 3 N–H and O–H groups in total. The van der Waals surface area contributed by atoms with Gasteiger partial charge >= 0.3 is 0 Å². The van der Waals surface area contributed by atoms with Crippen molar-refractivity contribution in [2.24, 2.45) is 0 Å². The van der Waals surface area contributed by atoms with Gasteiger partial charge in [-0.2, -0.15) is 0 Å². The van der Waals surface area contributed by atoms with Crippen LogP contribution >= 0.6 is 11.3 Å². The standard InChI is InChI=1S/C16H21FN2OS/c1-4-16(5-2,6-3)19-15(20)14-13(18)11-9-10(17)7-8-12(11)21-14/h7-9H,4-6,18H2,1-3H3,(H,19,20). The quantitative estimate of drug-likeness (QED) is 0.864. The number of halogens is 1. The van der Waals surface area contributed by atoms with Crippen LogP contribution in [0.5, 0.6) is 0 Å². The fraction of sp³-hybridized carbons (Fsp3) is 0.438. The van der Waals surface area contributed by atoms with Crippen LogP contribution in [0.3, 0.4) is 0 Å². The number of nitrogens with one attached hydrogen (secondary N) is 1. The number of carbonyl (C=O) groups excluding carboxylic acids is 1. The van der Waals surface area contributed by atoms with Gasteiger partial charge in [-0.1, -0.05) is 20.8 Å². The van der Waals surface area contributed by atoms with Gasteiger partial charge in [0.05, 0.1) is 5.69 Å². The summed E-state index contributed by atoms with van der Waals surface area (Å²) in [6.07, 6.45) is 2.60. The van der Waals surface area contributed by atoms with Crippen LogP contribution in [0.25, 0.3) is 10.1 Å². The molecule has 0 spiro atoms. The Balaban J connectivity index is 2.38. The summed E-state index contributed by atoms with van der Waals surface area (Å²) in [7, 11) is 0. The number of anilines is 1. The maximum absolute atomic E-state index is 13.3. The predicted molar refractivity (Wildman–Crippen MR) is 87.3 cm³/mol. The molecule has 0 aliphatic rings. The van der Waals surface area contributed by atoms with Crippen LogP contribution in [-0.4, -0.2) is 11.4 Å². The molecule has 0 fully saturated rings. The van der Waals surface area contributed by atoms with Crippen molar-refractivity contribution in [1.29, 1.82) is 0 Å². The van der Waals surface area contributed by atoms with Crippen molar-refractivity contribution in [3.8, 4) is 0 Å². The van der Waals surface area contributed by atoms with Crippen LogP contribution in [0.1, 0.15) is 49.7 Å². The summed E-state index contributed by atoms with van der Waals surface area (Å²) in [6, 6.07) is 4.42. The molecule has 114 valence electrons. The molecule has 1 heterocycles. The molecular formula is C16H21FN2OS. The Morgan fingerprint density at radius 2 is 1.90 bits per heavy atom. The van der Waals surface area contributed by atoms with Gasteiger partial charge in [0.1, 0.15) is 10.7 Å². The lowest BCUT2D eigenvalue weighted by atomic mass is 9.89. The van der Waals surface area contributed by atoms with Crippen LogP contribution < -0.4 is 11.1 Å². The zero-order valence-electron chi connectivity index (χ0n) is 12.6. The molecule has 2 rings (SSSR count). The van der Waals surface area contributed by atoms with Gasteiger partial charge in [-0.25, -0.2) is 4.39 Å². The van der Waals surface area contributed by atoms with E-state index in [2.05, 4.69) is 26.1 Å². The summed E-state index contributed by atoms with van der Waals surface area (Å²) >= 11 is 1.31. The highest BCUT2D eigenvalue weighted by Crippen LogP contribution is 2.34. The van der Waals surface area contributed by atoms with Crippen molar-refractivity contribution in [2.75, 3.05) is 5.73 Å². The van der Waals surface area contributed by atoms with E-state index in [0.29, 0.717) is 16.0 Å². The Hall–Kier alpha value is -1.62. The minimum Gasteiger partial charge on any atom is -0.397 e. The lowest BCUT2D eigenvalue weighted by Gasteiger charge is -2.31. The highest BCUT2D eigenvalue weighted by atomic mass is 32.1. The molecular weight excluding hydrogens is 287 g/mol. The second-order valence-corrected chi connectivity index (χ2v) is 6.33. The van der Waals surface area contributed by atoms with Crippen molar-refractivity contribution in [3.63, 3.8) is 0 Å². The average molecular weight is 308 g/mol. The van der Waals surface area contributed by atoms with Crippen LogP contribution in [0, 0.1) is 5.82 Å². The van der Waals surface area contributed by atoms with Gasteiger partial charge in [0, 0.05) is 15.6 Å². The number of hydrogen-bond acceptors (Lipinski definition) is 3. The molecule has 0 aliphatic carbocycles. The molecule has 0 saturated heterocycles. The summed E-state index contributed by atoms with van der Waals surface area (Å²) < 4.78 is 14.1. The van der Waals surface area contributed by atoms with Crippen molar-refractivity contribution < 1.29 is 9.18 Å². The molecule has 3 nitrogen and oxygen atoms in total. The Morgan fingerprint density at radius 1 is 1.29 bits per heavy atom. The summed E-state index contributed by atoms with van der Waals surface area (Å²) in [5.41, 5.74) is 6.20. The Morgan fingerprint density at radius 3 is 2.48 bits per heavy atom. The predicted octanol–water partition coefficient (Wildman–Crippen LogP) is 4.32. The molecule has 1 aromatic heterocycles. The zero-order chi connectivity index (χ0) is 15.6. The maximum Gasteiger partial charge on any atom is 0.263 e. The summed E-state index contributed by atoms with van der Waals surface area (Å²) in [4.78, 5) is 13.0. The third-order valence-corrected chi connectivity index (χ3v) is 5.49. The van der Waals surface area contributed by atoms with Gasteiger partial charge in [-0.05, 0) is 37.5 Å². The number of nitrogen functional groups attached to an aromatic ring is 1. The number of fused-ring (bicyclic) bond motifs is 1. The Kier molecular flexibility index (Phi) is 4.52. The van der Waals surface area contributed by atoms with Gasteiger partial charge < -0.3 is 11.1 Å². The number of nitrogens with two attached hydrogens (primary N) is 1. The largest absolute Gasteiger partial charge is 0.397 e. The minimum atomic E-state index is -0.344. The first kappa shape index (κ1) is 15.8. The van der Waals surface area contributed by atoms with Gasteiger partial charge in [0.25, 0.3) is 5.91 Å². The fourth-order valence-corrected chi connectivity index (χ4v) is 3.57. The first-order valence-electron chi connectivity index (χ1n) is 7.26. The summed E-state index contributed by atoms with van der Waals surface area (Å²) in [6.45, 7) is 6.20. The highest BCUT2D eigenvalue weighted by molar-refractivity contribution is 7.21. The molecule has 0 unspecified atom stereocenters. The average Bonchev–Trinajstić information content (AvgIpc) is 2.82. The molecule has 21 heavy (non-hydrogen) atoms. The van der Waals surface area contributed by atoms with E-state index in [4.69, 9.17) is 5.73 Å². The fourth-order valence-electron chi connectivity index (χ4n) is 2.57. The van der Waals surface area contributed by atoms with E-state index in [0.717, 1.165) is 24.0 Å². The smallest absolute Gasteiger partial charge is 0.263 e. The molecule has 0 aliphatic heterocycles. The van der Waals surface area contributed by atoms with Crippen molar-refractivity contribution >= 4 is 33.0 Å². The summed E-state index contributed by atoms with van der Waals surface area (Å²) in [5, 5.41) is 3.72. The number of rotatable bonds is 5. The molecule has 0 atom stereocenters. The molecule has 0 bridgehead atoms. The lowest BCUT2D eigenvalue weighted by molar-refractivity contribution is 0.0893. The Labute approximate surface area is 128 Å². The van der Waals surface area contributed by atoms with Crippen LogP contribution in [0.15, 0.2) is 18.2 Å². The van der Waals surface area contributed by atoms with Crippen LogP contribution in [0.4, 0.5) is 10.1 Å². The van der Waals surface area contributed by atoms with Crippen molar-refractivity contribution in [1.82, 2.24) is 5.32 Å². The van der Waals surface area contributed by atoms with E-state index in [1.165, 1.54) is 23.5 Å². The number of thiophene rings is 1. The second-order valence-electron chi connectivity index (χ2n) is 5.28. The third kappa shape index (κ3) is 2.88. The van der Waals surface area contributed by atoms with Gasteiger partial charge in [-0.3, -0.25) is 4.79 Å². The molecule has 1 amide bonds. The molecule has 2 aromatic rings. The van der Waals surface area contributed by atoms with Gasteiger partial charge in [-0.15, -0.1) is 11.3 Å². The van der Waals surface area contributed by atoms with E-state index >= 15 is 0 Å².